The molecular formula is C43H26N2O2. The topological polar surface area (TPSA) is 36.1 Å². The lowest BCUT2D eigenvalue weighted by molar-refractivity contribution is 0.650. The number of hydrogen-bond donors (Lipinski definition) is 0. The molecule has 47 heavy (non-hydrogen) atoms. The zero-order chi connectivity index (χ0) is 30.8. The van der Waals surface area contributed by atoms with Gasteiger partial charge in [-0.3, -0.25) is 0 Å². The first-order valence-electron chi connectivity index (χ1n) is 16.0. The molecule has 7 aromatic carbocycles. The molecule has 4 nitrogen and oxygen atoms in total. The van der Waals surface area contributed by atoms with Crippen LogP contribution in [0.5, 0.6) is 0 Å². The van der Waals surface area contributed by atoms with Gasteiger partial charge in [0, 0.05) is 60.0 Å². The second-order valence-corrected chi connectivity index (χ2v) is 12.6. The van der Waals surface area contributed by atoms with Crippen LogP contribution in [0.4, 0.5) is 0 Å². The smallest absolute Gasteiger partial charge is 0.142 e. The maximum atomic E-state index is 6.54. The number of para-hydroxylation sites is 4. The summed E-state index contributed by atoms with van der Waals surface area (Å²) in [7, 11) is 0. The second-order valence-electron chi connectivity index (χ2n) is 12.6. The highest BCUT2D eigenvalue weighted by atomic mass is 16.3. The van der Waals surface area contributed by atoms with Crippen molar-refractivity contribution in [1.82, 2.24) is 9.13 Å². The van der Waals surface area contributed by atoms with Gasteiger partial charge in [-0.2, -0.15) is 0 Å². The van der Waals surface area contributed by atoms with E-state index in [1.165, 1.54) is 43.6 Å². The molecule has 0 unspecified atom stereocenters. The van der Waals surface area contributed by atoms with Crippen LogP contribution >= 0.6 is 0 Å². The zero-order valence-corrected chi connectivity index (χ0v) is 25.5. The molecule has 0 saturated heterocycles. The Hall–Kier alpha value is -6.26. The molecule has 0 radical (unpaired) electrons. The van der Waals surface area contributed by atoms with Gasteiger partial charge in [0.05, 0.1) is 22.1 Å². The molecule has 4 aromatic heterocycles. The average Bonchev–Trinajstić information content (AvgIpc) is 3.86. The van der Waals surface area contributed by atoms with Gasteiger partial charge in [0.25, 0.3) is 0 Å². The van der Waals surface area contributed by atoms with Crippen LogP contribution in [0.2, 0.25) is 0 Å². The van der Waals surface area contributed by atoms with Crippen LogP contribution in [-0.2, 0) is 0 Å². The van der Waals surface area contributed by atoms with Crippen LogP contribution in [0.15, 0.2) is 148 Å². The van der Waals surface area contributed by atoms with E-state index in [1.54, 1.807) is 0 Å². The van der Waals surface area contributed by atoms with E-state index in [9.17, 15) is 0 Å². The number of aromatic nitrogens is 2. The normalized spacial score (nSPS) is 12.4. The Morgan fingerprint density at radius 2 is 0.723 bits per heavy atom. The van der Waals surface area contributed by atoms with E-state index in [1.807, 2.05) is 0 Å². The predicted molar refractivity (Wildman–Crippen MR) is 194 cm³/mol. The van der Waals surface area contributed by atoms with Crippen LogP contribution in [0.3, 0.4) is 0 Å². The van der Waals surface area contributed by atoms with E-state index >= 15 is 0 Å². The van der Waals surface area contributed by atoms with E-state index < -0.39 is 0 Å². The summed E-state index contributed by atoms with van der Waals surface area (Å²) in [5.74, 6) is 0. The molecule has 0 spiro atoms. The number of aryl methyl sites for hydroxylation is 1. The largest absolute Gasteiger partial charge is 0.456 e. The lowest BCUT2D eigenvalue weighted by atomic mass is 10.0. The van der Waals surface area contributed by atoms with Crippen molar-refractivity contribution in [3.63, 3.8) is 0 Å². The fourth-order valence-corrected chi connectivity index (χ4v) is 7.98. The first-order chi connectivity index (χ1) is 23.2. The van der Waals surface area contributed by atoms with Gasteiger partial charge in [0.2, 0.25) is 0 Å². The second kappa shape index (κ2) is 8.93. The van der Waals surface area contributed by atoms with Crippen molar-refractivity contribution in [2.75, 3.05) is 0 Å². The van der Waals surface area contributed by atoms with Gasteiger partial charge in [-0.25, -0.2) is 0 Å². The molecule has 0 N–H and O–H groups in total. The summed E-state index contributed by atoms with van der Waals surface area (Å²) in [4.78, 5) is 0. The monoisotopic (exact) mass is 602 g/mol. The third-order valence-corrected chi connectivity index (χ3v) is 10.1. The van der Waals surface area contributed by atoms with Gasteiger partial charge in [-0.1, -0.05) is 72.8 Å². The van der Waals surface area contributed by atoms with Crippen LogP contribution in [0.1, 0.15) is 5.56 Å². The molecule has 4 heteroatoms. The Morgan fingerprint density at radius 1 is 0.362 bits per heavy atom. The maximum Gasteiger partial charge on any atom is 0.142 e. The summed E-state index contributed by atoms with van der Waals surface area (Å²) in [5, 5.41) is 9.39. The molecule has 0 fully saturated rings. The summed E-state index contributed by atoms with van der Waals surface area (Å²) in [6.07, 6.45) is 0. The molecule has 0 atom stereocenters. The first-order valence-corrected chi connectivity index (χ1v) is 16.0. The minimum Gasteiger partial charge on any atom is -0.456 e. The molecule has 11 rings (SSSR count). The number of nitrogens with zero attached hydrogens (tertiary/aromatic N) is 2. The molecular weight excluding hydrogens is 576 g/mol. The van der Waals surface area contributed by atoms with Gasteiger partial charge in [0.1, 0.15) is 22.3 Å². The SMILES string of the molecule is Cc1c2oc3ccc(-n4c5ccccc5c5ccccc54)cc3c2cc2c1oc1ccc(-n3c4ccccc4c4ccccc43)cc12. The van der Waals surface area contributed by atoms with E-state index in [-0.39, 0.29) is 0 Å². The summed E-state index contributed by atoms with van der Waals surface area (Å²) >= 11 is 0. The Morgan fingerprint density at radius 3 is 1.11 bits per heavy atom. The Balaban J connectivity index is 1.18. The van der Waals surface area contributed by atoms with Crippen LogP contribution < -0.4 is 0 Å². The van der Waals surface area contributed by atoms with Gasteiger partial charge < -0.3 is 18.0 Å². The molecule has 0 amide bonds. The number of hydrogen-bond acceptors (Lipinski definition) is 2. The molecule has 0 aliphatic heterocycles. The van der Waals surface area contributed by atoms with Crippen molar-refractivity contribution >= 4 is 87.5 Å². The van der Waals surface area contributed by atoms with Gasteiger partial charge in [-0.05, 0) is 73.7 Å². The lowest BCUT2D eigenvalue weighted by Crippen LogP contribution is -1.93. The summed E-state index contributed by atoms with van der Waals surface area (Å²) in [6, 6.07) is 49.9. The van der Waals surface area contributed by atoms with Crippen molar-refractivity contribution < 1.29 is 8.83 Å². The van der Waals surface area contributed by atoms with E-state index in [2.05, 4.69) is 156 Å². The predicted octanol–water partition coefficient (Wildman–Crippen LogP) is 12.0. The molecule has 0 aliphatic carbocycles. The molecule has 0 bridgehead atoms. The summed E-state index contributed by atoms with van der Waals surface area (Å²) in [5.41, 5.74) is 11.5. The molecule has 11 aromatic rings. The standard InChI is InChI=1S/C43H26N2O2/c1-25-42-34(32-22-26(18-20-40(32)46-42)44-36-14-6-2-10-28(36)29-11-3-7-15-37(29)44)24-35-33-23-27(19-21-41(33)47-43(25)35)45-38-16-8-4-12-30(38)31-13-5-9-17-39(31)45/h2-24H,1H3. The van der Waals surface area contributed by atoms with Gasteiger partial charge in [0.15, 0.2) is 0 Å². The molecule has 0 saturated carbocycles. The highest BCUT2D eigenvalue weighted by molar-refractivity contribution is 6.18. The molecule has 0 aliphatic rings. The maximum absolute atomic E-state index is 6.54. The van der Waals surface area contributed by atoms with Crippen LogP contribution in [0.25, 0.3) is 98.9 Å². The fraction of sp³-hybridized carbons (Fsp3) is 0.0233. The number of benzene rings is 7. The average molecular weight is 603 g/mol. The Kier molecular flexibility index (Phi) is 4.75. The highest BCUT2D eigenvalue weighted by Crippen LogP contribution is 2.42. The third kappa shape index (κ3) is 3.26. The van der Waals surface area contributed by atoms with Gasteiger partial charge in [-0.15, -0.1) is 0 Å². The van der Waals surface area contributed by atoms with Crippen molar-refractivity contribution in [3.8, 4) is 11.4 Å². The first kappa shape index (κ1) is 25.0. The zero-order valence-electron chi connectivity index (χ0n) is 25.5. The van der Waals surface area contributed by atoms with Crippen molar-refractivity contribution in [3.05, 3.63) is 145 Å². The summed E-state index contributed by atoms with van der Waals surface area (Å²) in [6.45, 7) is 2.11. The minimum absolute atomic E-state index is 0.869. The van der Waals surface area contributed by atoms with Gasteiger partial charge >= 0.3 is 0 Å². The number of furan rings is 2. The fourth-order valence-electron chi connectivity index (χ4n) is 7.98. The van der Waals surface area contributed by atoms with E-state index in [0.717, 1.165) is 60.8 Å². The van der Waals surface area contributed by atoms with Crippen molar-refractivity contribution in [1.29, 1.82) is 0 Å². The summed E-state index contributed by atoms with van der Waals surface area (Å²) < 4.78 is 17.8. The number of fused-ring (bicyclic) bond motifs is 12. The minimum atomic E-state index is 0.869. The number of rotatable bonds is 2. The molecule has 4 heterocycles. The molecule has 220 valence electrons. The van der Waals surface area contributed by atoms with Crippen LogP contribution in [0, 0.1) is 6.92 Å². The van der Waals surface area contributed by atoms with E-state index in [0.29, 0.717) is 0 Å². The van der Waals surface area contributed by atoms with E-state index in [4.69, 9.17) is 8.83 Å². The lowest BCUT2D eigenvalue weighted by Gasteiger charge is -2.08. The Labute approximate surface area is 268 Å². The Bertz CT molecular complexity index is 2780. The van der Waals surface area contributed by atoms with Crippen LogP contribution in [-0.4, -0.2) is 9.13 Å². The van der Waals surface area contributed by atoms with Crippen molar-refractivity contribution in [2.45, 2.75) is 6.92 Å². The quantitative estimate of drug-likeness (QED) is 0.197. The highest BCUT2D eigenvalue weighted by Gasteiger charge is 2.20. The third-order valence-electron chi connectivity index (χ3n) is 10.1. The van der Waals surface area contributed by atoms with Crippen molar-refractivity contribution in [2.24, 2.45) is 0 Å².